The van der Waals surface area contributed by atoms with Crippen LogP contribution in [0.1, 0.15) is 31.2 Å². The second-order valence-corrected chi connectivity index (χ2v) is 4.44. The molecule has 3 heteroatoms. The summed E-state index contributed by atoms with van der Waals surface area (Å²) in [5.41, 5.74) is 1.34. The van der Waals surface area contributed by atoms with Gasteiger partial charge < -0.3 is 4.74 Å². The van der Waals surface area contributed by atoms with Crippen molar-refractivity contribution in [3.63, 3.8) is 0 Å². The highest BCUT2D eigenvalue weighted by Gasteiger charge is 1.99. The van der Waals surface area contributed by atoms with E-state index in [1.165, 1.54) is 24.8 Å². The largest absolute Gasteiger partial charge is 0.424 e. The van der Waals surface area contributed by atoms with Crippen molar-refractivity contribution in [3.05, 3.63) is 55.2 Å². The van der Waals surface area contributed by atoms with Crippen LogP contribution in [0.2, 0.25) is 0 Å². The number of hydrogen-bond acceptors (Lipinski definition) is 3. The molecule has 0 aliphatic heterocycles. The average Bonchev–Trinajstić information content (AvgIpc) is 2.46. The Labute approximate surface area is 114 Å². The van der Waals surface area contributed by atoms with Gasteiger partial charge in [0.2, 0.25) is 0 Å². The fourth-order valence-electron chi connectivity index (χ4n) is 1.85. The van der Waals surface area contributed by atoms with Crippen LogP contribution in [0, 0.1) is 6.92 Å². The molecule has 0 spiro atoms. The van der Waals surface area contributed by atoms with E-state index < -0.39 is 0 Å². The zero-order valence-corrected chi connectivity index (χ0v) is 11.1. The lowest BCUT2D eigenvalue weighted by molar-refractivity contribution is 0.441. The molecule has 2 rings (SSSR count). The molecule has 0 unspecified atom stereocenters. The predicted octanol–water partition coefficient (Wildman–Crippen LogP) is 4.21. The van der Waals surface area contributed by atoms with Gasteiger partial charge in [0.15, 0.2) is 0 Å². The van der Waals surface area contributed by atoms with E-state index in [-0.39, 0.29) is 0 Å². The molecule has 0 aliphatic carbocycles. The Kier molecular flexibility index (Phi) is 5.35. The van der Waals surface area contributed by atoms with Gasteiger partial charge in [-0.05, 0) is 36.6 Å². The van der Waals surface area contributed by atoms with Crippen molar-refractivity contribution >= 4 is 0 Å². The summed E-state index contributed by atoms with van der Waals surface area (Å²) in [6, 6.07) is 10.3. The van der Waals surface area contributed by atoms with Crippen molar-refractivity contribution < 1.29 is 4.74 Å². The number of hydrogen-bond donors (Lipinski definition) is 0. The first-order valence-electron chi connectivity index (χ1n) is 6.71. The number of rotatable bonds is 7. The maximum Gasteiger partial charge on any atom is 0.321 e. The molecule has 0 atom stereocenters. The molecule has 0 aliphatic rings. The quantitative estimate of drug-likeness (QED) is 0.695. The van der Waals surface area contributed by atoms with E-state index in [1.807, 2.05) is 12.1 Å². The minimum atomic E-state index is 0.380. The molecule has 0 fully saturated rings. The molecule has 3 nitrogen and oxygen atoms in total. The van der Waals surface area contributed by atoms with Gasteiger partial charge >= 0.3 is 6.01 Å². The maximum atomic E-state index is 5.55. The van der Waals surface area contributed by atoms with Crippen molar-refractivity contribution in [3.8, 4) is 11.8 Å². The Morgan fingerprint density at radius 2 is 1.68 bits per heavy atom. The van der Waals surface area contributed by atoms with E-state index in [9.17, 15) is 0 Å². The van der Waals surface area contributed by atoms with Crippen molar-refractivity contribution in [1.82, 2.24) is 9.97 Å². The molecule has 19 heavy (non-hydrogen) atoms. The van der Waals surface area contributed by atoms with Crippen molar-refractivity contribution in [1.29, 1.82) is 0 Å². The zero-order valence-electron chi connectivity index (χ0n) is 11.1. The van der Waals surface area contributed by atoms with Gasteiger partial charge in [0, 0.05) is 12.4 Å². The highest BCUT2D eigenvalue weighted by molar-refractivity contribution is 5.29. The topological polar surface area (TPSA) is 35.0 Å². The van der Waals surface area contributed by atoms with Crippen LogP contribution < -0.4 is 4.74 Å². The SMILES string of the molecule is [CH2]CCCCCc1ccc(Oc2ncccn2)cc1. The third kappa shape index (κ3) is 4.70. The number of aryl methyl sites for hydroxylation is 1. The summed E-state index contributed by atoms with van der Waals surface area (Å²) in [5.74, 6) is 0.771. The lowest BCUT2D eigenvalue weighted by Gasteiger charge is -2.05. The van der Waals surface area contributed by atoms with E-state index in [4.69, 9.17) is 4.74 Å². The highest BCUT2D eigenvalue weighted by Crippen LogP contribution is 2.18. The van der Waals surface area contributed by atoms with Gasteiger partial charge in [-0.3, -0.25) is 0 Å². The summed E-state index contributed by atoms with van der Waals surface area (Å²) in [6.07, 6.45) is 9.16. The molecule has 0 N–H and O–H groups in total. The third-order valence-electron chi connectivity index (χ3n) is 2.89. The van der Waals surface area contributed by atoms with Crippen molar-refractivity contribution in [2.75, 3.05) is 0 Å². The van der Waals surface area contributed by atoms with Gasteiger partial charge in [0.25, 0.3) is 0 Å². The summed E-state index contributed by atoms with van der Waals surface area (Å²) in [7, 11) is 0. The van der Waals surface area contributed by atoms with Crippen molar-refractivity contribution in [2.45, 2.75) is 32.1 Å². The average molecular weight is 255 g/mol. The second kappa shape index (κ2) is 7.52. The van der Waals surface area contributed by atoms with Crippen molar-refractivity contribution in [2.24, 2.45) is 0 Å². The van der Waals surface area contributed by atoms with Crippen LogP contribution in [0.25, 0.3) is 0 Å². The first-order valence-corrected chi connectivity index (χ1v) is 6.71. The number of ether oxygens (including phenoxy) is 1. The maximum absolute atomic E-state index is 5.55. The van der Waals surface area contributed by atoms with Gasteiger partial charge in [0.05, 0.1) is 0 Å². The van der Waals surface area contributed by atoms with Crippen LogP contribution >= 0.6 is 0 Å². The Hall–Kier alpha value is -1.90. The fourth-order valence-corrected chi connectivity index (χ4v) is 1.85. The number of aromatic nitrogens is 2. The van der Waals surface area contributed by atoms with Crippen LogP contribution in [0.3, 0.4) is 0 Å². The van der Waals surface area contributed by atoms with E-state index in [1.54, 1.807) is 18.5 Å². The normalized spacial score (nSPS) is 10.4. The molecule has 99 valence electrons. The van der Waals surface area contributed by atoms with Crippen LogP contribution in [0.5, 0.6) is 11.8 Å². The predicted molar refractivity (Wildman–Crippen MR) is 76.1 cm³/mol. The van der Waals surface area contributed by atoms with Gasteiger partial charge in [-0.2, -0.15) is 0 Å². The molecular weight excluding hydrogens is 236 g/mol. The molecule has 0 amide bonds. The van der Waals surface area contributed by atoms with Gasteiger partial charge in [0.1, 0.15) is 5.75 Å². The molecule has 0 bridgehead atoms. The number of benzene rings is 1. The smallest absolute Gasteiger partial charge is 0.321 e. The summed E-state index contributed by atoms with van der Waals surface area (Å²) in [5, 5.41) is 0. The first-order chi connectivity index (χ1) is 9.38. The summed E-state index contributed by atoms with van der Waals surface area (Å²) >= 11 is 0. The van der Waals surface area contributed by atoms with Crippen LogP contribution in [0.4, 0.5) is 0 Å². The van der Waals surface area contributed by atoms with Gasteiger partial charge in [-0.25, -0.2) is 9.97 Å². The highest BCUT2D eigenvalue weighted by atomic mass is 16.5. The summed E-state index contributed by atoms with van der Waals surface area (Å²) in [4.78, 5) is 8.05. The zero-order chi connectivity index (χ0) is 13.3. The Morgan fingerprint density at radius 1 is 0.947 bits per heavy atom. The monoisotopic (exact) mass is 255 g/mol. The Morgan fingerprint density at radius 3 is 2.37 bits per heavy atom. The number of unbranched alkanes of at least 4 members (excludes halogenated alkanes) is 3. The minimum absolute atomic E-state index is 0.380. The standard InChI is InChI=1S/C16H19N2O/c1-2-3-4-5-7-14-8-10-15(11-9-14)19-16-17-12-6-13-18-16/h6,8-13H,1-5,7H2. The molecule has 0 saturated carbocycles. The molecule has 2 aromatic rings. The third-order valence-corrected chi connectivity index (χ3v) is 2.89. The fraction of sp³-hybridized carbons (Fsp3) is 0.312. The molecule has 1 aromatic heterocycles. The molecule has 1 radical (unpaired) electrons. The first kappa shape index (κ1) is 13.5. The second-order valence-electron chi connectivity index (χ2n) is 4.44. The van der Waals surface area contributed by atoms with Crippen LogP contribution in [-0.2, 0) is 6.42 Å². The lowest BCUT2D eigenvalue weighted by atomic mass is 10.1. The van der Waals surface area contributed by atoms with Crippen LogP contribution in [-0.4, -0.2) is 9.97 Å². The van der Waals surface area contributed by atoms with Gasteiger partial charge in [-0.15, -0.1) is 0 Å². The van der Waals surface area contributed by atoms with Gasteiger partial charge in [-0.1, -0.05) is 38.3 Å². The molecule has 0 saturated heterocycles. The minimum Gasteiger partial charge on any atom is -0.424 e. The number of nitrogens with zero attached hydrogens (tertiary/aromatic N) is 2. The summed E-state index contributed by atoms with van der Waals surface area (Å²) < 4.78 is 5.55. The Balaban J connectivity index is 1.84. The van der Waals surface area contributed by atoms with E-state index in [2.05, 4.69) is 29.0 Å². The van der Waals surface area contributed by atoms with E-state index >= 15 is 0 Å². The molecule has 1 heterocycles. The molecular formula is C16H19N2O. The van der Waals surface area contributed by atoms with E-state index in [0.29, 0.717) is 6.01 Å². The van der Waals surface area contributed by atoms with E-state index in [0.717, 1.165) is 18.6 Å². The molecule has 1 aromatic carbocycles. The summed E-state index contributed by atoms with van der Waals surface area (Å²) in [6.45, 7) is 3.85. The Bertz CT molecular complexity index is 468. The van der Waals surface area contributed by atoms with Crippen LogP contribution in [0.15, 0.2) is 42.7 Å². The lowest BCUT2D eigenvalue weighted by Crippen LogP contribution is -1.91.